The van der Waals surface area contributed by atoms with Crippen LogP contribution in [-0.2, 0) is 17.6 Å². The van der Waals surface area contributed by atoms with Gasteiger partial charge in [-0.1, -0.05) is 42.4 Å². The number of hydrogen-bond donors (Lipinski definition) is 2. The molecule has 122 valence electrons. The van der Waals surface area contributed by atoms with Crippen LogP contribution in [0.3, 0.4) is 0 Å². The van der Waals surface area contributed by atoms with Crippen LogP contribution in [0.5, 0.6) is 0 Å². The number of nitrogens with zero attached hydrogens (tertiary/aromatic N) is 1. The van der Waals surface area contributed by atoms with Crippen LogP contribution in [0.4, 0.5) is 0 Å². The Morgan fingerprint density at radius 3 is 2.67 bits per heavy atom. The largest absolute Gasteiger partial charge is 0.481 e. The normalized spacial score (nSPS) is 10.7. The Bertz CT molecular complexity index is 878. The number of aliphatic carboxylic acids is 1. The number of aromatic nitrogens is 2. The highest BCUT2D eigenvalue weighted by atomic mass is 16.5. The van der Waals surface area contributed by atoms with Gasteiger partial charge in [0.05, 0.1) is 12.0 Å². The first kappa shape index (κ1) is 15.7. The number of rotatable bonds is 6. The van der Waals surface area contributed by atoms with Gasteiger partial charge in [-0.15, -0.1) is 0 Å². The molecule has 0 spiro atoms. The molecule has 0 atom stereocenters. The van der Waals surface area contributed by atoms with Gasteiger partial charge in [0.25, 0.3) is 0 Å². The summed E-state index contributed by atoms with van der Waals surface area (Å²) in [6, 6.07) is 10.9. The predicted molar refractivity (Wildman–Crippen MR) is 86.9 cm³/mol. The van der Waals surface area contributed by atoms with Crippen LogP contribution in [0.1, 0.15) is 34.3 Å². The Kier molecular flexibility index (Phi) is 4.29. The predicted octanol–water partition coefficient (Wildman–Crippen LogP) is 3.09. The van der Waals surface area contributed by atoms with Gasteiger partial charge in [0.1, 0.15) is 11.5 Å². The Hall–Kier alpha value is -3.15. The first-order valence-electron chi connectivity index (χ1n) is 7.58. The Morgan fingerprint density at radius 2 is 2.00 bits per heavy atom. The molecule has 3 rings (SSSR count). The number of benzene rings is 1. The summed E-state index contributed by atoms with van der Waals surface area (Å²) in [5.74, 6) is -0.681. The van der Waals surface area contributed by atoms with E-state index in [-0.39, 0.29) is 12.2 Å². The fourth-order valence-electron chi connectivity index (χ4n) is 2.57. The summed E-state index contributed by atoms with van der Waals surface area (Å²) in [4.78, 5) is 26.5. The van der Waals surface area contributed by atoms with Crippen molar-refractivity contribution in [3.63, 3.8) is 0 Å². The Labute approximate surface area is 138 Å². The summed E-state index contributed by atoms with van der Waals surface area (Å²) < 4.78 is 5.34. The number of ketones is 1. The number of H-pyrrole nitrogens is 1. The van der Waals surface area contributed by atoms with Gasteiger partial charge in [0.2, 0.25) is 0 Å². The van der Waals surface area contributed by atoms with Crippen LogP contribution >= 0.6 is 0 Å². The lowest BCUT2D eigenvalue weighted by molar-refractivity contribution is -0.136. The molecule has 0 bridgehead atoms. The highest BCUT2D eigenvalue weighted by Crippen LogP contribution is 2.28. The second kappa shape index (κ2) is 6.54. The van der Waals surface area contributed by atoms with Crippen LogP contribution in [0.2, 0.25) is 0 Å². The molecule has 0 amide bonds. The van der Waals surface area contributed by atoms with Crippen molar-refractivity contribution in [3.8, 4) is 11.3 Å². The van der Waals surface area contributed by atoms with Crippen LogP contribution in [0.15, 0.2) is 47.1 Å². The molecule has 0 saturated heterocycles. The minimum absolute atomic E-state index is 0.164. The van der Waals surface area contributed by atoms with Gasteiger partial charge in [0, 0.05) is 29.4 Å². The molecule has 0 unspecified atom stereocenters. The summed E-state index contributed by atoms with van der Waals surface area (Å²) in [5.41, 5.74) is 2.58. The molecule has 6 heteroatoms. The van der Waals surface area contributed by atoms with Crippen LogP contribution in [-0.4, -0.2) is 27.0 Å². The van der Waals surface area contributed by atoms with Crippen molar-refractivity contribution in [3.05, 3.63) is 65.2 Å². The maximum absolute atomic E-state index is 12.9. The van der Waals surface area contributed by atoms with Crippen molar-refractivity contribution in [2.45, 2.75) is 19.8 Å². The van der Waals surface area contributed by atoms with E-state index in [0.717, 1.165) is 5.56 Å². The number of hydrogen-bond acceptors (Lipinski definition) is 4. The van der Waals surface area contributed by atoms with Crippen LogP contribution in [0.25, 0.3) is 11.3 Å². The molecule has 0 fully saturated rings. The fraction of sp³-hybridized carbons (Fsp3) is 0.167. The van der Waals surface area contributed by atoms with Crippen molar-refractivity contribution in [2.75, 3.05) is 0 Å². The lowest BCUT2D eigenvalue weighted by Gasteiger charge is -2.01. The molecule has 2 aromatic heterocycles. The number of carboxylic acid groups (broad SMARTS) is 1. The first-order valence-corrected chi connectivity index (χ1v) is 7.58. The van der Waals surface area contributed by atoms with Gasteiger partial charge in [0.15, 0.2) is 5.78 Å². The average molecular weight is 324 g/mol. The summed E-state index contributed by atoms with van der Waals surface area (Å²) in [6.45, 7) is 1.89. The molecular formula is C18H16N2O4. The zero-order valence-corrected chi connectivity index (χ0v) is 13.1. The van der Waals surface area contributed by atoms with E-state index in [1.807, 2.05) is 37.3 Å². The second-order valence-electron chi connectivity index (χ2n) is 5.36. The second-order valence-corrected chi connectivity index (χ2v) is 5.36. The molecule has 0 saturated carbocycles. The van der Waals surface area contributed by atoms with Crippen molar-refractivity contribution in [1.82, 2.24) is 10.1 Å². The lowest BCUT2D eigenvalue weighted by atomic mass is 9.98. The molecule has 3 aromatic rings. The third-order valence-corrected chi connectivity index (χ3v) is 3.70. The van der Waals surface area contributed by atoms with Crippen molar-refractivity contribution in [1.29, 1.82) is 0 Å². The molecule has 24 heavy (non-hydrogen) atoms. The van der Waals surface area contributed by atoms with Gasteiger partial charge >= 0.3 is 5.97 Å². The monoisotopic (exact) mass is 324 g/mol. The molecule has 1 aromatic carbocycles. The molecule has 0 radical (unpaired) electrons. The van der Waals surface area contributed by atoms with E-state index in [1.54, 1.807) is 6.07 Å². The van der Waals surface area contributed by atoms with Crippen LogP contribution < -0.4 is 0 Å². The first-order chi connectivity index (χ1) is 11.6. The van der Waals surface area contributed by atoms with E-state index < -0.39 is 5.97 Å². The third kappa shape index (κ3) is 2.99. The van der Waals surface area contributed by atoms with Gasteiger partial charge < -0.3 is 14.6 Å². The molecular weight excluding hydrogens is 308 g/mol. The highest BCUT2D eigenvalue weighted by molar-refractivity contribution is 6.13. The summed E-state index contributed by atoms with van der Waals surface area (Å²) in [6.07, 6.45) is 1.89. The number of nitrogens with one attached hydrogen (secondary N) is 1. The summed E-state index contributed by atoms with van der Waals surface area (Å²) in [7, 11) is 0. The van der Waals surface area contributed by atoms with Crippen molar-refractivity contribution in [2.24, 2.45) is 0 Å². The number of aromatic amines is 1. The van der Waals surface area contributed by atoms with Gasteiger partial charge in [-0.3, -0.25) is 9.59 Å². The highest BCUT2D eigenvalue weighted by Gasteiger charge is 2.24. The van der Waals surface area contributed by atoms with Gasteiger partial charge in [-0.2, -0.15) is 0 Å². The van der Waals surface area contributed by atoms with E-state index >= 15 is 0 Å². The summed E-state index contributed by atoms with van der Waals surface area (Å²) >= 11 is 0. The SMILES string of the molecule is CCc1onc(-c2ccccc2)c1C(=O)c1c[nH]c(CC(=O)O)c1. The molecule has 0 aliphatic carbocycles. The zero-order chi connectivity index (χ0) is 17.1. The van der Waals surface area contributed by atoms with E-state index in [2.05, 4.69) is 10.1 Å². The van der Waals surface area contributed by atoms with Gasteiger partial charge in [-0.25, -0.2) is 0 Å². The molecule has 0 aliphatic rings. The smallest absolute Gasteiger partial charge is 0.309 e. The number of aryl methyl sites for hydroxylation is 1. The van der Waals surface area contributed by atoms with Crippen molar-refractivity contribution < 1.29 is 19.2 Å². The number of carbonyl (C=O) groups excluding carboxylic acids is 1. The maximum Gasteiger partial charge on any atom is 0.309 e. The maximum atomic E-state index is 12.9. The standard InChI is InChI=1S/C18H16N2O4/c1-2-14-16(17(20-24-14)11-6-4-3-5-7-11)18(23)12-8-13(19-10-12)9-15(21)22/h3-8,10,19H,2,9H2,1H3,(H,21,22). The van der Waals surface area contributed by atoms with Gasteiger partial charge in [-0.05, 0) is 6.07 Å². The van der Waals surface area contributed by atoms with E-state index in [9.17, 15) is 9.59 Å². The van der Waals surface area contributed by atoms with Crippen molar-refractivity contribution >= 4 is 11.8 Å². The van der Waals surface area contributed by atoms with Crippen LogP contribution in [0, 0.1) is 0 Å². The van der Waals surface area contributed by atoms with E-state index in [0.29, 0.717) is 34.7 Å². The van der Waals surface area contributed by atoms with E-state index in [4.69, 9.17) is 9.63 Å². The average Bonchev–Trinajstić information content (AvgIpc) is 3.21. The minimum atomic E-state index is -0.958. The minimum Gasteiger partial charge on any atom is -0.481 e. The summed E-state index contributed by atoms with van der Waals surface area (Å²) in [5, 5.41) is 12.9. The number of carboxylic acids is 1. The molecule has 0 aliphatic heterocycles. The third-order valence-electron chi connectivity index (χ3n) is 3.70. The number of carbonyl (C=O) groups is 2. The van der Waals surface area contributed by atoms with E-state index in [1.165, 1.54) is 6.20 Å². The fourth-order valence-corrected chi connectivity index (χ4v) is 2.57. The topological polar surface area (TPSA) is 96.2 Å². The Morgan fingerprint density at radius 1 is 1.25 bits per heavy atom. The quantitative estimate of drug-likeness (QED) is 0.679. The zero-order valence-electron chi connectivity index (χ0n) is 13.1. The molecule has 6 nitrogen and oxygen atoms in total. The molecule has 2 heterocycles. The lowest BCUT2D eigenvalue weighted by Crippen LogP contribution is -2.04. The Balaban J connectivity index is 2.02. The molecule has 2 N–H and O–H groups in total.